The lowest BCUT2D eigenvalue weighted by Gasteiger charge is -2.31. The van der Waals surface area contributed by atoms with Crippen LogP contribution in [0.1, 0.15) is 13.3 Å². The van der Waals surface area contributed by atoms with E-state index in [9.17, 15) is 0 Å². The molecule has 1 aliphatic heterocycles. The van der Waals surface area contributed by atoms with E-state index in [2.05, 4.69) is 18.9 Å². The van der Waals surface area contributed by atoms with Crippen LogP contribution in [0.5, 0.6) is 0 Å². The largest absolute Gasteiger partial charge is 0.353 e. The quantitative estimate of drug-likeness (QED) is 0.464. The first kappa shape index (κ1) is 10.9. The summed E-state index contributed by atoms with van der Waals surface area (Å²) in [6.07, 6.45) is 1.05. The number of likely N-dealkylation sites (N-methyl/N-ethyl adjacent to an activating group) is 1. The Bertz CT molecular complexity index is 125. The molecule has 4 heteroatoms. The van der Waals surface area contributed by atoms with Gasteiger partial charge in [0.1, 0.15) is 0 Å². The first-order valence-corrected chi connectivity index (χ1v) is 4.97. The van der Waals surface area contributed by atoms with Crippen LogP contribution in [0.2, 0.25) is 0 Å². The zero-order valence-corrected chi connectivity index (χ0v) is 8.66. The van der Waals surface area contributed by atoms with Crippen molar-refractivity contribution in [1.82, 2.24) is 9.96 Å². The second-order valence-electron chi connectivity index (χ2n) is 3.39. The van der Waals surface area contributed by atoms with Gasteiger partial charge in [-0.3, -0.25) is 4.84 Å². The van der Waals surface area contributed by atoms with Gasteiger partial charge in [0.25, 0.3) is 0 Å². The molecule has 0 saturated carbocycles. The molecule has 0 atom stereocenters. The van der Waals surface area contributed by atoms with Crippen LogP contribution in [0.15, 0.2) is 0 Å². The number of hydrogen-bond acceptors (Lipinski definition) is 4. The number of ether oxygens (including phenoxy) is 1. The van der Waals surface area contributed by atoms with Crippen molar-refractivity contribution in [3.63, 3.8) is 0 Å². The fourth-order valence-electron chi connectivity index (χ4n) is 1.23. The minimum Gasteiger partial charge on any atom is -0.353 e. The normalized spacial score (nSPS) is 20.8. The third-order valence-corrected chi connectivity index (χ3v) is 2.13. The molecule has 0 unspecified atom stereocenters. The summed E-state index contributed by atoms with van der Waals surface area (Å²) >= 11 is 0. The predicted molar refractivity (Wildman–Crippen MR) is 51.3 cm³/mol. The number of nitrogens with zero attached hydrogens (tertiary/aromatic N) is 2. The van der Waals surface area contributed by atoms with Crippen LogP contribution >= 0.6 is 0 Å². The molecule has 0 amide bonds. The number of rotatable bonds is 5. The van der Waals surface area contributed by atoms with E-state index in [-0.39, 0.29) is 0 Å². The van der Waals surface area contributed by atoms with E-state index >= 15 is 0 Å². The van der Waals surface area contributed by atoms with Crippen molar-refractivity contribution < 1.29 is 9.57 Å². The lowest BCUT2D eigenvalue weighted by molar-refractivity contribution is -0.234. The van der Waals surface area contributed by atoms with Gasteiger partial charge in [-0.05, 0) is 13.5 Å². The molecule has 4 nitrogen and oxygen atoms in total. The standard InChI is InChI=1S/C9H20N2O2/c1-3-8-12-9-13-11-6-4-10(2)5-7-11/h3-9H2,1-2H3. The molecule has 1 heterocycles. The molecule has 78 valence electrons. The Morgan fingerprint density at radius 2 is 1.85 bits per heavy atom. The van der Waals surface area contributed by atoms with Crippen molar-refractivity contribution in [2.75, 3.05) is 46.6 Å². The van der Waals surface area contributed by atoms with Crippen molar-refractivity contribution in [3.8, 4) is 0 Å². The maximum Gasteiger partial charge on any atom is 0.167 e. The van der Waals surface area contributed by atoms with Gasteiger partial charge in [-0.15, -0.1) is 0 Å². The average molecular weight is 188 g/mol. The van der Waals surface area contributed by atoms with Crippen LogP contribution < -0.4 is 0 Å². The topological polar surface area (TPSA) is 24.9 Å². The minimum atomic E-state index is 0.400. The Kier molecular flexibility index (Phi) is 5.31. The molecule has 13 heavy (non-hydrogen) atoms. The first-order valence-electron chi connectivity index (χ1n) is 4.97. The first-order chi connectivity index (χ1) is 6.33. The highest BCUT2D eigenvalue weighted by Gasteiger charge is 2.13. The van der Waals surface area contributed by atoms with E-state index in [4.69, 9.17) is 9.57 Å². The highest BCUT2D eigenvalue weighted by Crippen LogP contribution is 1.99. The molecule has 0 N–H and O–H groups in total. The van der Waals surface area contributed by atoms with Gasteiger partial charge in [-0.2, -0.15) is 5.06 Å². The summed E-state index contributed by atoms with van der Waals surface area (Å²) in [5, 5.41) is 1.98. The lowest BCUT2D eigenvalue weighted by Crippen LogP contribution is -2.44. The fraction of sp³-hybridized carbons (Fsp3) is 1.00. The SMILES string of the molecule is CCCOCON1CCN(C)CC1. The molecule has 0 spiro atoms. The van der Waals surface area contributed by atoms with Crippen LogP contribution in [0.3, 0.4) is 0 Å². The zero-order valence-electron chi connectivity index (χ0n) is 8.66. The Labute approximate surface area is 80.4 Å². The van der Waals surface area contributed by atoms with Gasteiger partial charge >= 0.3 is 0 Å². The second-order valence-corrected chi connectivity index (χ2v) is 3.39. The van der Waals surface area contributed by atoms with Gasteiger partial charge in [-0.1, -0.05) is 6.92 Å². The average Bonchev–Trinajstić information content (AvgIpc) is 2.15. The van der Waals surface area contributed by atoms with Gasteiger partial charge in [-0.25, -0.2) is 0 Å². The second kappa shape index (κ2) is 6.32. The van der Waals surface area contributed by atoms with Crippen LogP contribution in [0, 0.1) is 0 Å². The molecular weight excluding hydrogens is 168 g/mol. The molecule has 0 aromatic heterocycles. The van der Waals surface area contributed by atoms with Gasteiger partial charge in [0.15, 0.2) is 6.79 Å². The number of hydrogen-bond donors (Lipinski definition) is 0. The molecule has 0 radical (unpaired) electrons. The zero-order chi connectivity index (χ0) is 9.52. The van der Waals surface area contributed by atoms with Crippen LogP contribution in [-0.2, 0) is 9.57 Å². The van der Waals surface area contributed by atoms with Gasteiger partial charge in [0, 0.05) is 32.8 Å². The van der Waals surface area contributed by atoms with Crippen molar-refractivity contribution >= 4 is 0 Å². The lowest BCUT2D eigenvalue weighted by atomic mass is 10.4. The highest BCUT2D eigenvalue weighted by atomic mass is 16.8. The van der Waals surface area contributed by atoms with E-state index in [1.54, 1.807) is 0 Å². The molecule has 0 aromatic carbocycles. The Hall–Kier alpha value is -0.160. The molecular formula is C9H20N2O2. The van der Waals surface area contributed by atoms with Crippen molar-refractivity contribution in [2.24, 2.45) is 0 Å². The number of hydroxylamine groups is 2. The summed E-state index contributed by atoms with van der Waals surface area (Å²) in [4.78, 5) is 7.72. The van der Waals surface area contributed by atoms with Crippen LogP contribution in [0.4, 0.5) is 0 Å². The van der Waals surface area contributed by atoms with E-state index in [0.717, 1.165) is 39.2 Å². The van der Waals surface area contributed by atoms with E-state index in [1.807, 2.05) is 5.06 Å². The summed E-state index contributed by atoms with van der Waals surface area (Å²) in [5.41, 5.74) is 0. The molecule has 0 aliphatic carbocycles. The van der Waals surface area contributed by atoms with Crippen molar-refractivity contribution in [2.45, 2.75) is 13.3 Å². The van der Waals surface area contributed by atoms with Crippen molar-refractivity contribution in [1.29, 1.82) is 0 Å². The van der Waals surface area contributed by atoms with E-state index < -0.39 is 0 Å². The molecule has 1 saturated heterocycles. The minimum absolute atomic E-state index is 0.400. The third-order valence-electron chi connectivity index (χ3n) is 2.13. The van der Waals surface area contributed by atoms with Crippen LogP contribution in [0.25, 0.3) is 0 Å². The summed E-state index contributed by atoms with van der Waals surface area (Å²) < 4.78 is 5.23. The molecule has 0 bridgehead atoms. The number of piperazine rings is 1. The van der Waals surface area contributed by atoms with Crippen LogP contribution in [-0.4, -0.2) is 56.6 Å². The maximum atomic E-state index is 5.42. The smallest absolute Gasteiger partial charge is 0.167 e. The van der Waals surface area contributed by atoms with Crippen molar-refractivity contribution in [3.05, 3.63) is 0 Å². The van der Waals surface area contributed by atoms with E-state index in [0.29, 0.717) is 6.79 Å². The van der Waals surface area contributed by atoms with Gasteiger partial charge in [0.2, 0.25) is 0 Å². The van der Waals surface area contributed by atoms with Gasteiger partial charge < -0.3 is 9.64 Å². The van der Waals surface area contributed by atoms with Gasteiger partial charge in [0.05, 0.1) is 0 Å². The Balaban J connectivity index is 1.96. The third kappa shape index (κ3) is 4.57. The monoisotopic (exact) mass is 188 g/mol. The molecule has 1 aliphatic rings. The predicted octanol–water partition coefficient (Wildman–Crippen LogP) is 0.549. The maximum absolute atomic E-state index is 5.42. The molecule has 1 rings (SSSR count). The molecule has 1 fully saturated rings. The Morgan fingerprint density at radius 3 is 2.46 bits per heavy atom. The fourth-order valence-corrected chi connectivity index (χ4v) is 1.23. The molecule has 0 aromatic rings. The summed E-state index contributed by atoms with van der Waals surface area (Å²) in [7, 11) is 2.13. The summed E-state index contributed by atoms with van der Waals surface area (Å²) in [5.74, 6) is 0. The van der Waals surface area contributed by atoms with E-state index in [1.165, 1.54) is 0 Å². The summed E-state index contributed by atoms with van der Waals surface area (Å²) in [6, 6.07) is 0. The highest BCUT2D eigenvalue weighted by molar-refractivity contribution is 4.62. The summed E-state index contributed by atoms with van der Waals surface area (Å²) in [6.45, 7) is 7.39. The Morgan fingerprint density at radius 1 is 1.15 bits per heavy atom.